The predicted molar refractivity (Wildman–Crippen MR) is 79.2 cm³/mol. The lowest BCUT2D eigenvalue weighted by atomic mass is 10.2. The Morgan fingerprint density at radius 3 is 2.65 bits per heavy atom. The molecule has 0 aliphatic rings. The molecule has 3 N–H and O–H groups in total. The summed E-state index contributed by atoms with van der Waals surface area (Å²) in [6.45, 7) is 0.176. The first-order chi connectivity index (χ1) is 9.44. The molecule has 20 heavy (non-hydrogen) atoms. The van der Waals surface area contributed by atoms with Crippen molar-refractivity contribution in [3.8, 4) is 0 Å². The molecule has 1 amide bonds. The van der Waals surface area contributed by atoms with Crippen LogP contribution in [0, 0.1) is 0 Å². The van der Waals surface area contributed by atoms with E-state index in [1.54, 1.807) is 24.3 Å². The average Bonchev–Trinajstić information content (AvgIpc) is 2.39. The van der Waals surface area contributed by atoms with Gasteiger partial charge in [-0.1, -0.05) is 12.1 Å². The van der Waals surface area contributed by atoms with Crippen molar-refractivity contribution >= 4 is 27.1 Å². The molecule has 1 rings (SSSR count). The summed E-state index contributed by atoms with van der Waals surface area (Å²) in [6, 6.07) is 6.92. The lowest BCUT2D eigenvalue weighted by Gasteiger charge is -2.08. The average molecular weight is 300 g/mol. The van der Waals surface area contributed by atoms with Gasteiger partial charge in [0.2, 0.25) is 5.91 Å². The third-order valence-electron chi connectivity index (χ3n) is 2.69. The van der Waals surface area contributed by atoms with E-state index in [1.807, 2.05) is 0 Å². The van der Waals surface area contributed by atoms with Gasteiger partial charge in [-0.3, -0.25) is 4.79 Å². The van der Waals surface area contributed by atoms with Crippen molar-refractivity contribution in [2.24, 2.45) is 0 Å². The molecule has 0 radical (unpaired) electrons. The topological polar surface area (TPSA) is 98.5 Å². The number of para-hydroxylation sites is 2. The largest absolute Gasteiger partial charge is 0.397 e. The summed E-state index contributed by atoms with van der Waals surface area (Å²) in [5, 5.41) is 2.66. The number of carbonyl (C=O) groups is 1. The molecule has 0 saturated heterocycles. The van der Waals surface area contributed by atoms with Gasteiger partial charge in [-0.05, 0) is 18.6 Å². The molecular weight excluding hydrogens is 280 g/mol. The van der Waals surface area contributed by atoms with Gasteiger partial charge in [0.05, 0.1) is 29.5 Å². The summed E-state index contributed by atoms with van der Waals surface area (Å²) in [5.41, 5.74) is 6.72. The fourth-order valence-corrected chi connectivity index (χ4v) is 2.80. The van der Waals surface area contributed by atoms with E-state index in [-0.39, 0.29) is 36.9 Å². The Hall–Kier alpha value is -1.60. The monoisotopic (exact) mass is 300 g/mol. The molecule has 6 nitrogen and oxygen atoms in total. The Labute approximate surface area is 119 Å². The Bertz CT molecular complexity index is 543. The number of sulfone groups is 1. The second-order valence-electron chi connectivity index (χ2n) is 4.38. The highest BCUT2D eigenvalue weighted by Crippen LogP contribution is 2.17. The minimum Gasteiger partial charge on any atom is -0.397 e. The molecule has 0 aliphatic carbocycles. The standard InChI is InChI=1S/C13H20N2O4S/c1-19-8-10-20(17,18)9-4-7-13(16)15-12-6-3-2-5-11(12)14/h2-3,5-6H,4,7-10,14H2,1H3,(H,15,16). The molecule has 0 bridgehead atoms. The zero-order valence-corrected chi connectivity index (χ0v) is 12.3. The first kappa shape index (κ1) is 16.5. The number of carbonyl (C=O) groups excluding carboxylic acids is 1. The van der Waals surface area contributed by atoms with Crippen LogP contribution < -0.4 is 11.1 Å². The summed E-state index contributed by atoms with van der Waals surface area (Å²) in [4.78, 5) is 11.7. The highest BCUT2D eigenvalue weighted by molar-refractivity contribution is 7.91. The minimum atomic E-state index is -3.15. The molecule has 7 heteroatoms. The molecule has 0 atom stereocenters. The van der Waals surface area contributed by atoms with Gasteiger partial charge >= 0.3 is 0 Å². The Morgan fingerprint density at radius 1 is 1.30 bits per heavy atom. The summed E-state index contributed by atoms with van der Waals surface area (Å²) < 4.78 is 27.8. The van der Waals surface area contributed by atoms with E-state index in [2.05, 4.69) is 5.32 Å². The van der Waals surface area contributed by atoms with Gasteiger partial charge in [0, 0.05) is 13.5 Å². The fraction of sp³-hybridized carbons (Fsp3) is 0.462. The first-order valence-corrected chi connectivity index (χ1v) is 8.10. The summed E-state index contributed by atoms with van der Waals surface area (Å²) in [6.07, 6.45) is 0.422. The van der Waals surface area contributed by atoms with Gasteiger partial charge in [-0.2, -0.15) is 0 Å². The van der Waals surface area contributed by atoms with Crippen LogP contribution >= 0.6 is 0 Å². The van der Waals surface area contributed by atoms with Crippen LogP contribution in [-0.2, 0) is 19.4 Å². The second-order valence-corrected chi connectivity index (χ2v) is 6.69. The van der Waals surface area contributed by atoms with E-state index < -0.39 is 9.84 Å². The van der Waals surface area contributed by atoms with Crippen molar-refractivity contribution in [1.82, 2.24) is 0 Å². The van der Waals surface area contributed by atoms with E-state index >= 15 is 0 Å². The molecule has 0 unspecified atom stereocenters. The molecule has 0 heterocycles. The molecule has 0 aliphatic heterocycles. The number of nitrogens with one attached hydrogen (secondary N) is 1. The van der Waals surface area contributed by atoms with Crippen molar-refractivity contribution in [3.63, 3.8) is 0 Å². The van der Waals surface area contributed by atoms with Crippen LogP contribution in [-0.4, -0.2) is 39.5 Å². The van der Waals surface area contributed by atoms with Crippen LogP contribution in [0.3, 0.4) is 0 Å². The molecule has 0 fully saturated rings. The zero-order valence-electron chi connectivity index (χ0n) is 11.5. The van der Waals surface area contributed by atoms with Gasteiger partial charge in [0.25, 0.3) is 0 Å². The van der Waals surface area contributed by atoms with Crippen LogP contribution in [0.5, 0.6) is 0 Å². The number of benzene rings is 1. The van der Waals surface area contributed by atoms with Gasteiger partial charge in [0.15, 0.2) is 9.84 Å². The molecule has 0 aromatic heterocycles. The van der Waals surface area contributed by atoms with E-state index in [9.17, 15) is 13.2 Å². The van der Waals surface area contributed by atoms with Gasteiger partial charge in [-0.25, -0.2) is 8.42 Å². The number of nitrogens with two attached hydrogens (primary N) is 1. The van der Waals surface area contributed by atoms with Crippen LogP contribution in [0.15, 0.2) is 24.3 Å². The predicted octanol–water partition coefficient (Wildman–Crippen LogP) is 1.05. The van der Waals surface area contributed by atoms with Crippen molar-refractivity contribution in [3.05, 3.63) is 24.3 Å². The summed E-state index contributed by atoms with van der Waals surface area (Å²) >= 11 is 0. The lowest BCUT2D eigenvalue weighted by molar-refractivity contribution is -0.116. The smallest absolute Gasteiger partial charge is 0.224 e. The molecule has 112 valence electrons. The van der Waals surface area contributed by atoms with Gasteiger partial charge in [-0.15, -0.1) is 0 Å². The van der Waals surface area contributed by atoms with Crippen molar-refractivity contribution < 1.29 is 17.9 Å². The van der Waals surface area contributed by atoms with Crippen LogP contribution in [0.2, 0.25) is 0 Å². The Morgan fingerprint density at radius 2 is 2.00 bits per heavy atom. The van der Waals surface area contributed by atoms with E-state index in [4.69, 9.17) is 10.5 Å². The fourth-order valence-electron chi connectivity index (χ4n) is 1.59. The third kappa shape index (κ3) is 6.03. The molecule has 0 spiro atoms. The van der Waals surface area contributed by atoms with Crippen molar-refractivity contribution in [1.29, 1.82) is 0 Å². The van der Waals surface area contributed by atoms with E-state index in [1.165, 1.54) is 7.11 Å². The number of anilines is 2. The maximum absolute atomic E-state index is 11.7. The number of nitrogen functional groups attached to an aromatic ring is 1. The van der Waals surface area contributed by atoms with Gasteiger partial charge in [0.1, 0.15) is 0 Å². The molecular formula is C13H20N2O4S. The zero-order chi connectivity index (χ0) is 15.0. The Kier molecular flexibility index (Phi) is 6.47. The number of hydrogen-bond acceptors (Lipinski definition) is 5. The number of amides is 1. The summed E-state index contributed by atoms with van der Waals surface area (Å²) in [5.74, 6) is -0.282. The molecule has 1 aromatic rings. The lowest BCUT2D eigenvalue weighted by Crippen LogP contribution is -2.18. The van der Waals surface area contributed by atoms with E-state index in [0.29, 0.717) is 11.4 Å². The van der Waals surface area contributed by atoms with E-state index in [0.717, 1.165) is 0 Å². The number of methoxy groups -OCH3 is 1. The SMILES string of the molecule is COCCS(=O)(=O)CCCC(=O)Nc1ccccc1N. The van der Waals surface area contributed by atoms with Crippen molar-refractivity contribution in [2.75, 3.05) is 36.3 Å². The molecule has 0 saturated carbocycles. The van der Waals surface area contributed by atoms with Crippen molar-refractivity contribution in [2.45, 2.75) is 12.8 Å². The minimum absolute atomic E-state index is 0.0171. The molecule has 1 aromatic carbocycles. The third-order valence-corrected chi connectivity index (χ3v) is 4.39. The maximum atomic E-state index is 11.7. The highest BCUT2D eigenvalue weighted by atomic mass is 32.2. The number of rotatable bonds is 8. The first-order valence-electron chi connectivity index (χ1n) is 6.28. The van der Waals surface area contributed by atoms with Crippen LogP contribution in [0.25, 0.3) is 0 Å². The van der Waals surface area contributed by atoms with Crippen LogP contribution in [0.4, 0.5) is 11.4 Å². The van der Waals surface area contributed by atoms with Crippen LogP contribution in [0.1, 0.15) is 12.8 Å². The Balaban J connectivity index is 2.36. The quantitative estimate of drug-likeness (QED) is 0.699. The van der Waals surface area contributed by atoms with Gasteiger partial charge < -0.3 is 15.8 Å². The number of hydrogen-bond donors (Lipinski definition) is 2. The maximum Gasteiger partial charge on any atom is 0.224 e. The summed E-state index contributed by atoms with van der Waals surface area (Å²) in [7, 11) is -1.70. The number of ether oxygens (including phenoxy) is 1. The highest BCUT2D eigenvalue weighted by Gasteiger charge is 2.12. The second kappa shape index (κ2) is 7.86. The normalized spacial score (nSPS) is 11.2.